The zero-order valence-electron chi connectivity index (χ0n) is 24.2. The first-order valence-electron chi connectivity index (χ1n) is 13.9. The van der Waals surface area contributed by atoms with Crippen LogP contribution in [-0.2, 0) is 19.4 Å². The first-order chi connectivity index (χ1) is 20.1. The molecule has 42 heavy (non-hydrogen) atoms. The van der Waals surface area contributed by atoms with E-state index in [-0.39, 0.29) is 17.9 Å². The molecule has 1 heterocycles. The van der Waals surface area contributed by atoms with Crippen LogP contribution in [-0.4, -0.2) is 19.2 Å². The number of hydrogen-bond acceptors (Lipinski definition) is 5. The number of aliphatic imine (C=N–C) groups is 1. The molecule has 8 heteroatoms. The van der Waals surface area contributed by atoms with Crippen molar-refractivity contribution in [3.05, 3.63) is 104 Å². The summed E-state index contributed by atoms with van der Waals surface area (Å²) < 4.78 is 11.6. The molecule has 0 bridgehead atoms. The van der Waals surface area contributed by atoms with E-state index in [9.17, 15) is 4.79 Å². The number of amides is 1. The van der Waals surface area contributed by atoms with Crippen molar-refractivity contribution in [3.8, 4) is 11.5 Å². The number of nitrogens with one attached hydrogen (secondary N) is 1. The largest absolute Gasteiger partial charge is 0.493 e. The predicted molar refractivity (Wildman–Crippen MR) is 175 cm³/mol. The number of methoxy groups -OCH3 is 1. The minimum absolute atomic E-state index is 0.123. The highest BCUT2D eigenvalue weighted by Crippen LogP contribution is 2.45. The Kier molecular flexibility index (Phi) is 9.26. The van der Waals surface area contributed by atoms with Gasteiger partial charge < -0.3 is 14.8 Å². The predicted octanol–water partition coefficient (Wildman–Crippen LogP) is 9.80. The quantitative estimate of drug-likeness (QED) is 0.199. The Morgan fingerprint density at radius 3 is 2.57 bits per heavy atom. The fourth-order valence-electron chi connectivity index (χ4n) is 5.16. The fourth-order valence-corrected chi connectivity index (χ4v) is 6.89. The Labute approximate surface area is 261 Å². The zero-order valence-corrected chi connectivity index (χ0v) is 26.5. The third kappa shape index (κ3) is 7.00. The molecule has 0 saturated heterocycles. The lowest BCUT2D eigenvalue weighted by molar-refractivity contribution is 0.102. The second-order valence-electron chi connectivity index (χ2n) is 11.5. The number of halogens is 2. The van der Waals surface area contributed by atoms with Crippen LogP contribution < -0.4 is 14.8 Å². The van der Waals surface area contributed by atoms with E-state index in [1.807, 2.05) is 54.6 Å². The van der Waals surface area contributed by atoms with Gasteiger partial charge in [0, 0.05) is 32.4 Å². The number of carbonyl (C=O) groups excluding carboxylic acids is 1. The van der Waals surface area contributed by atoms with Gasteiger partial charge in [-0.3, -0.25) is 4.79 Å². The van der Waals surface area contributed by atoms with Crippen LogP contribution in [0.4, 0.5) is 10.7 Å². The number of fused-ring (bicyclic) bond motifs is 1. The molecule has 1 amide bonds. The molecule has 1 atom stereocenters. The molecular weight excluding hydrogens is 587 g/mol. The van der Waals surface area contributed by atoms with Crippen molar-refractivity contribution >= 4 is 57.3 Å². The van der Waals surface area contributed by atoms with E-state index in [4.69, 9.17) is 37.7 Å². The summed E-state index contributed by atoms with van der Waals surface area (Å²) in [4.78, 5) is 19.7. The lowest BCUT2D eigenvalue weighted by Crippen LogP contribution is -2.27. The fraction of sp³-hybridized carbons (Fsp3) is 0.294. The van der Waals surface area contributed by atoms with Crippen LogP contribution in [0, 0.1) is 11.3 Å². The van der Waals surface area contributed by atoms with Gasteiger partial charge in [-0.15, -0.1) is 11.3 Å². The zero-order chi connectivity index (χ0) is 29.9. The minimum atomic E-state index is -0.123. The molecule has 1 N–H and O–H groups in total. The summed E-state index contributed by atoms with van der Waals surface area (Å²) in [6.45, 7) is 7.16. The van der Waals surface area contributed by atoms with Gasteiger partial charge in [-0.05, 0) is 84.2 Å². The second kappa shape index (κ2) is 12.9. The van der Waals surface area contributed by atoms with Crippen LogP contribution >= 0.6 is 34.5 Å². The van der Waals surface area contributed by atoms with Crippen molar-refractivity contribution in [2.24, 2.45) is 16.3 Å². The molecule has 0 saturated carbocycles. The highest BCUT2D eigenvalue weighted by molar-refractivity contribution is 7.16. The van der Waals surface area contributed by atoms with Crippen LogP contribution in [0.1, 0.15) is 59.1 Å². The minimum Gasteiger partial charge on any atom is -0.493 e. The molecule has 4 aromatic rings. The molecule has 0 unspecified atom stereocenters. The van der Waals surface area contributed by atoms with Crippen molar-refractivity contribution in [3.63, 3.8) is 0 Å². The first kappa shape index (κ1) is 30.1. The van der Waals surface area contributed by atoms with Crippen LogP contribution in [0.3, 0.4) is 0 Å². The summed E-state index contributed by atoms with van der Waals surface area (Å²) >= 11 is 13.9. The summed E-state index contributed by atoms with van der Waals surface area (Å²) in [6, 6.07) is 20.5. The molecule has 218 valence electrons. The number of rotatable bonds is 8. The topological polar surface area (TPSA) is 59.9 Å². The monoisotopic (exact) mass is 620 g/mol. The summed E-state index contributed by atoms with van der Waals surface area (Å²) in [5.41, 5.74) is 4.43. The van der Waals surface area contributed by atoms with E-state index in [2.05, 4.69) is 26.1 Å². The van der Waals surface area contributed by atoms with E-state index in [0.29, 0.717) is 33.0 Å². The van der Waals surface area contributed by atoms with Crippen molar-refractivity contribution in [2.45, 2.75) is 46.6 Å². The Hall–Kier alpha value is -3.32. The van der Waals surface area contributed by atoms with E-state index in [1.165, 1.54) is 4.88 Å². The summed E-state index contributed by atoms with van der Waals surface area (Å²) in [7, 11) is 1.60. The van der Waals surface area contributed by atoms with E-state index >= 15 is 0 Å². The molecule has 1 aliphatic rings. The first-order valence-corrected chi connectivity index (χ1v) is 15.5. The third-order valence-corrected chi connectivity index (χ3v) is 9.40. The van der Waals surface area contributed by atoms with E-state index in [1.54, 1.807) is 36.8 Å². The van der Waals surface area contributed by atoms with Crippen molar-refractivity contribution in [1.29, 1.82) is 0 Å². The molecule has 3 aromatic carbocycles. The Bertz CT molecular complexity index is 1610. The number of benzene rings is 3. The molecule has 1 aromatic heterocycles. The maximum Gasteiger partial charge on any atom is 0.259 e. The van der Waals surface area contributed by atoms with Gasteiger partial charge in [0.05, 0.1) is 12.7 Å². The van der Waals surface area contributed by atoms with Gasteiger partial charge in [0.1, 0.15) is 11.6 Å². The highest BCUT2D eigenvalue weighted by atomic mass is 35.5. The van der Waals surface area contributed by atoms with Gasteiger partial charge in [0.25, 0.3) is 5.91 Å². The Balaban J connectivity index is 1.41. The van der Waals surface area contributed by atoms with Crippen LogP contribution in [0.5, 0.6) is 11.5 Å². The van der Waals surface area contributed by atoms with Gasteiger partial charge in [-0.2, -0.15) is 0 Å². The number of hydrogen-bond donors (Lipinski definition) is 1. The van der Waals surface area contributed by atoms with Crippen molar-refractivity contribution in [1.82, 2.24) is 0 Å². The van der Waals surface area contributed by atoms with Gasteiger partial charge >= 0.3 is 0 Å². The summed E-state index contributed by atoms with van der Waals surface area (Å²) in [6.07, 6.45) is 4.67. The van der Waals surface area contributed by atoms with Crippen LogP contribution in [0.15, 0.2) is 71.7 Å². The Morgan fingerprint density at radius 1 is 1.07 bits per heavy atom. The Morgan fingerprint density at radius 2 is 1.86 bits per heavy atom. The average molecular weight is 622 g/mol. The standard InChI is InChI=1S/C34H34Cl2N2O3S/c1-34(2,3)23-12-14-26-30(17-23)42-33(31(26)32(39)38-25-8-6-5-7-9-25)37-19-21-10-15-28(29(16-21)40-4)41-20-22-11-13-24(35)18-27(22)36/h5-11,13,15-16,18-19,23H,12,14,17,20H2,1-4H3,(H,38,39)/t23-/m1/s1. The highest BCUT2D eigenvalue weighted by Gasteiger charge is 2.33. The lowest BCUT2D eigenvalue weighted by Gasteiger charge is -2.33. The average Bonchev–Trinajstić information content (AvgIpc) is 3.34. The number of nitrogens with zero attached hydrogens (tertiary/aromatic N) is 1. The molecule has 0 aliphatic heterocycles. The SMILES string of the molecule is COc1cc(C=Nc2sc3c(c2C(=O)Nc2ccccc2)CC[C@@H](C(C)(C)C)C3)ccc1OCc1ccc(Cl)cc1Cl. The number of anilines is 1. The van der Waals surface area contributed by atoms with Gasteiger partial charge in [0.15, 0.2) is 11.5 Å². The lowest BCUT2D eigenvalue weighted by atomic mass is 9.72. The third-order valence-electron chi connectivity index (χ3n) is 7.65. The normalized spacial score (nSPS) is 15.0. The summed E-state index contributed by atoms with van der Waals surface area (Å²) in [5.74, 6) is 1.60. The van der Waals surface area contributed by atoms with E-state index in [0.717, 1.165) is 46.6 Å². The van der Waals surface area contributed by atoms with E-state index < -0.39 is 0 Å². The molecule has 5 rings (SSSR count). The number of ether oxygens (including phenoxy) is 2. The maximum atomic E-state index is 13.6. The van der Waals surface area contributed by atoms with Gasteiger partial charge in [0.2, 0.25) is 0 Å². The maximum absolute atomic E-state index is 13.6. The van der Waals surface area contributed by atoms with Crippen LogP contribution in [0.25, 0.3) is 0 Å². The number of carbonyl (C=O) groups is 1. The summed E-state index contributed by atoms with van der Waals surface area (Å²) in [5, 5.41) is 4.92. The molecular formula is C34H34Cl2N2O3S. The smallest absolute Gasteiger partial charge is 0.259 e. The van der Waals surface area contributed by atoms with Crippen molar-refractivity contribution < 1.29 is 14.3 Å². The molecule has 0 spiro atoms. The number of thiophene rings is 1. The van der Waals surface area contributed by atoms with Gasteiger partial charge in [-0.25, -0.2) is 4.99 Å². The number of para-hydroxylation sites is 1. The molecule has 1 aliphatic carbocycles. The molecule has 5 nitrogen and oxygen atoms in total. The van der Waals surface area contributed by atoms with Crippen LogP contribution in [0.2, 0.25) is 10.0 Å². The second-order valence-corrected chi connectivity index (χ2v) is 13.4. The molecule has 0 radical (unpaired) electrons. The van der Waals surface area contributed by atoms with Gasteiger partial charge in [-0.1, -0.05) is 68.2 Å². The van der Waals surface area contributed by atoms with Crippen molar-refractivity contribution in [2.75, 3.05) is 12.4 Å². The molecule has 0 fully saturated rings.